The van der Waals surface area contributed by atoms with Crippen LogP contribution in [0.4, 0.5) is 16.2 Å². The predicted molar refractivity (Wildman–Crippen MR) is 106 cm³/mol. The Morgan fingerprint density at radius 1 is 0.963 bits per heavy atom. The van der Waals surface area contributed by atoms with Gasteiger partial charge in [0.05, 0.1) is 18.5 Å². The molecule has 2 N–H and O–H groups in total. The van der Waals surface area contributed by atoms with Crippen LogP contribution in [0, 0.1) is 0 Å². The Balaban J connectivity index is 1.56. The molecule has 27 heavy (non-hydrogen) atoms. The molecule has 0 spiro atoms. The number of para-hydroxylation sites is 1. The van der Waals surface area contributed by atoms with Crippen molar-refractivity contribution in [3.63, 3.8) is 0 Å². The number of benzene rings is 2. The third-order valence-electron chi connectivity index (χ3n) is 4.16. The highest BCUT2D eigenvalue weighted by Gasteiger charge is 2.11. The second-order valence-electron chi connectivity index (χ2n) is 5.95. The molecular formula is C21H18N4O2. The van der Waals surface area contributed by atoms with Crippen LogP contribution in [0.5, 0.6) is 5.75 Å². The van der Waals surface area contributed by atoms with E-state index >= 15 is 0 Å². The van der Waals surface area contributed by atoms with E-state index in [0.717, 1.165) is 22.7 Å². The first kappa shape index (κ1) is 16.7. The number of urea groups is 1. The molecule has 0 atom stereocenters. The van der Waals surface area contributed by atoms with Gasteiger partial charge in [0, 0.05) is 23.6 Å². The van der Waals surface area contributed by atoms with Crippen molar-refractivity contribution >= 4 is 23.1 Å². The molecule has 4 rings (SSSR count). The molecule has 2 amide bonds. The Bertz CT molecular complexity index is 1050. The molecule has 2 aromatic heterocycles. The lowest BCUT2D eigenvalue weighted by atomic mass is 10.1. The number of anilines is 2. The number of carbonyl (C=O) groups excluding carboxylic acids is 1. The zero-order valence-electron chi connectivity index (χ0n) is 14.7. The minimum atomic E-state index is -0.323. The lowest BCUT2D eigenvalue weighted by Crippen LogP contribution is -2.19. The van der Waals surface area contributed by atoms with Gasteiger partial charge in [-0.15, -0.1) is 0 Å². The molecule has 0 aliphatic rings. The molecule has 6 heteroatoms. The number of rotatable bonds is 4. The van der Waals surface area contributed by atoms with Gasteiger partial charge >= 0.3 is 6.03 Å². The van der Waals surface area contributed by atoms with Crippen LogP contribution in [0.3, 0.4) is 0 Å². The molecule has 6 nitrogen and oxygen atoms in total. The fourth-order valence-electron chi connectivity index (χ4n) is 2.84. The van der Waals surface area contributed by atoms with E-state index in [1.54, 1.807) is 31.4 Å². The highest BCUT2D eigenvalue weighted by molar-refractivity contribution is 6.02. The summed E-state index contributed by atoms with van der Waals surface area (Å²) in [5, 5.41) is 5.72. The molecular weight excluding hydrogens is 340 g/mol. The normalized spacial score (nSPS) is 10.6. The molecule has 2 aromatic carbocycles. The lowest BCUT2D eigenvalue weighted by Gasteiger charge is -2.11. The molecule has 0 bridgehead atoms. The van der Waals surface area contributed by atoms with Gasteiger partial charge in [0.15, 0.2) is 0 Å². The van der Waals surface area contributed by atoms with Crippen molar-refractivity contribution in [3.05, 3.63) is 79.1 Å². The van der Waals surface area contributed by atoms with Crippen molar-refractivity contribution in [3.8, 4) is 17.0 Å². The maximum absolute atomic E-state index is 12.4. The molecule has 0 saturated carbocycles. The first-order valence-corrected chi connectivity index (χ1v) is 8.48. The molecule has 0 unspecified atom stereocenters. The van der Waals surface area contributed by atoms with Gasteiger partial charge in [-0.2, -0.15) is 0 Å². The number of fused-ring (bicyclic) bond motifs is 1. The van der Waals surface area contributed by atoms with Crippen molar-refractivity contribution in [1.29, 1.82) is 0 Å². The fourth-order valence-corrected chi connectivity index (χ4v) is 2.84. The van der Waals surface area contributed by atoms with Crippen LogP contribution in [0.2, 0.25) is 0 Å². The van der Waals surface area contributed by atoms with Crippen molar-refractivity contribution in [2.24, 2.45) is 0 Å². The number of ether oxygens (including phenoxy) is 1. The van der Waals surface area contributed by atoms with E-state index in [2.05, 4.69) is 15.6 Å². The van der Waals surface area contributed by atoms with Crippen molar-refractivity contribution < 1.29 is 9.53 Å². The monoisotopic (exact) mass is 358 g/mol. The largest absolute Gasteiger partial charge is 0.497 e. The summed E-state index contributed by atoms with van der Waals surface area (Å²) in [6.07, 6.45) is 3.88. The van der Waals surface area contributed by atoms with Gasteiger partial charge in [0.1, 0.15) is 11.4 Å². The van der Waals surface area contributed by atoms with Crippen LogP contribution in [0.1, 0.15) is 0 Å². The number of aromatic nitrogens is 2. The number of imidazole rings is 1. The Labute approximate surface area is 156 Å². The highest BCUT2D eigenvalue weighted by Crippen LogP contribution is 2.27. The summed E-state index contributed by atoms with van der Waals surface area (Å²) in [4.78, 5) is 17.0. The zero-order valence-corrected chi connectivity index (χ0v) is 14.7. The summed E-state index contributed by atoms with van der Waals surface area (Å²) in [6.45, 7) is 0. The summed E-state index contributed by atoms with van der Waals surface area (Å²) in [7, 11) is 1.60. The number of carbonyl (C=O) groups is 1. The number of pyridine rings is 1. The predicted octanol–water partition coefficient (Wildman–Crippen LogP) is 4.65. The van der Waals surface area contributed by atoms with Gasteiger partial charge in [-0.1, -0.05) is 24.3 Å². The SMILES string of the molecule is COc1ccc(NC(=O)Nc2ccccc2-c2cn3ccccc3n2)cc1. The van der Waals surface area contributed by atoms with E-state index in [1.165, 1.54) is 0 Å². The third-order valence-corrected chi connectivity index (χ3v) is 4.16. The first-order chi connectivity index (χ1) is 13.2. The maximum Gasteiger partial charge on any atom is 0.323 e. The van der Waals surface area contributed by atoms with Gasteiger partial charge in [-0.3, -0.25) is 0 Å². The van der Waals surface area contributed by atoms with Crippen LogP contribution in [0.15, 0.2) is 79.1 Å². The Morgan fingerprint density at radius 2 is 1.74 bits per heavy atom. The number of amides is 2. The standard InChI is InChI=1S/C21H18N4O2/c1-27-16-11-9-15(10-12-16)22-21(26)24-18-7-3-2-6-17(18)19-14-25-13-5-4-8-20(25)23-19/h2-14H,1H3,(H2,22,24,26). The van der Waals surface area contributed by atoms with Crippen LogP contribution < -0.4 is 15.4 Å². The van der Waals surface area contributed by atoms with Gasteiger partial charge in [-0.25, -0.2) is 9.78 Å². The summed E-state index contributed by atoms with van der Waals surface area (Å²) >= 11 is 0. The molecule has 0 aliphatic heterocycles. The summed E-state index contributed by atoms with van der Waals surface area (Å²) in [6, 6.07) is 20.3. The topological polar surface area (TPSA) is 67.7 Å². The average Bonchev–Trinajstić information content (AvgIpc) is 3.13. The van der Waals surface area contributed by atoms with Gasteiger partial charge in [-0.05, 0) is 42.5 Å². The number of nitrogens with one attached hydrogen (secondary N) is 2. The minimum absolute atomic E-state index is 0.323. The van der Waals surface area contributed by atoms with E-state index < -0.39 is 0 Å². The van der Waals surface area contributed by atoms with E-state index in [9.17, 15) is 4.79 Å². The number of nitrogens with zero attached hydrogens (tertiary/aromatic N) is 2. The number of hydrogen-bond acceptors (Lipinski definition) is 3. The summed E-state index contributed by atoms with van der Waals surface area (Å²) in [5.74, 6) is 0.734. The van der Waals surface area contributed by atoms with Crippen molar-refractivity contribution in [2.75, 3.05) is 17.7 Å². The molecule has 4 aromatic rings. The van der Waals surface area contributed by atoms with Crippen LogP contribution in [-0.4, -0.2) is 22.5 Å². The molecule has 134 valence electrons. The minimum Gasteiger partial charge on any atom is -0.497 e. The lowest BCUT2D eigenvalue weighted by molar-refractivity contribution is 0.262. The van der Waals surface area contributed by atoms with Gasteiger partial charge < -0.3 is 19.8 Å². The summed E-state index contributed by atoms with van der Waals surface area (Å²) in [5.41, 5.74) is 3.86. The van der Waals surface area contributed by atoms with Crippen LogP contribution >= 0.6 is 0 Å². The van der Waals surface area contributed by atoms with E-state index in [0.29, 0.717) is 11.4 Å². The molecule has 0 fully saturated rings. The average molecular weight is 358 g/mol. The fraction of sp³-hybridized carbons (Fsp3) is 0.0476. The second-order valence-corrected chi connectivity index (χ2v) is 5.95. The van der Waals surface area contributed by atoms with Crippen molar-refractivity contribution in [2.45, 2.75) is 0 Å². The molecule has 0 radical (unpaired) electrons. The number of hydrogen-bond donors (Lipinski definition) is 2. The van der Waals surface area contributed by atoms with E-state index in [1.807, 2.05) is 59.3 Å². The van der Waals surface area contributed by atoms with Gasteiger partial charge in [0.2, 0.25) is 0 Å². The van der Waals surface area contributed by atoms with E-state index in [-0.39, 0.29) is 6.03 Å². The van der Waals surface area contributed by atoms with E-state index in [4.69, 9.17) is 4.74 Å². The Hall–Kier alpha value is -3.80. The van der Waals surface area contributed by atoms with Gasteiger partial charge in [0.25, 0.3) is 0 Å². The van der Waals surface area contributed by atoms with Crippen LogP contribution in [-0.2, 0) is 0 Å². The smallest absolute Gasteiger partial charge is 0.323 e. The second kappa shape index (κ2) is 7.21. The maximum atomic E-state index is 12.4. The third kappa shape index (κ3) is 3.59. The van der Waals surface area contributed by atoms with Crippen molar-refractivity contribution in [1.82, 2.24) is 9.38 Å². The van der Waals surface area contributed by atoms with Crippen LogP contribution in [0.25, 0.3) is 16.9 Å². The molecule has 0 saturated heterocycles. The molecule has 2 heterocycles. The molecule has 0 aliphatic carbocycles. The first-order valence-electron chi connectivity index (χ1n) is 8.48. The number of methoxy groups -OCH3 is 1. The highest BCUT2D eigenvalue weighted by atomic mass is 16.5. The summed E-state index contributed by atoms with van der Waals surface area (Å²) < 4.78 is 7.07. The zero-order chi connectivity index (χ0) is 18.6. The Morgan fingerprint density at radius 3 is 2.52 bits per heavy atom. The Kier molecular flexibility index (Phi) is 4.45. The quantitative estimate of drug-likeness (QED) is 0.558.